The van der Waals surface area contributed by atoms with E-state index in [1.165, 1.54) is 18.2 Å². The molecule has 2 rings (SSSR count). The minimum Gasteiger partial charge on any atom is -0.397 e. The van der Waals surface area contributed by atoms with Crippen LogP contribution in [0.25, 0.3) is 0 Å². The summed E-state index contributed by atoms with van der Waals surface area (Å²) in [6.45, 7) is 1.91. The molecule has 0 heterocycles. The fourth-order valence-corrected chi connectivity index (χ4v) is 1.71. The van der Waals surface area contributed by atoms with E-state index in [2.05, 4.69) is 5.32 Å². The minimum atomic E-state index is -0.435. The normalized spacial score (nSPS) is 9.83. The van der Waals surface area contributed by atoms with Crippen LogP contribution in [0.1, 0.15) is 11.1 Å². The molecule has 0 saturated heterocycles. The Morgan fingerprint density at radius 3 is 2.72 bits per heavy atom. The summed E-state index contributed by atoms with van der Waals surface area (Å²) in [5.41, 5.74) is 8.94. The van der Waals surface area contributed by atoms with Crippen LogP contribution in [-0.2, 0) is 0 Å². The number of nitrogen functional groups attached to an aromatic ring is 1. The minimum absolute atomic E-state index is 0.248. The van der Waals surface area contributed by atoms with Crippen LogP contribution in [0, 0.1) is 24.1 Å². The van der Waals surface area contributed by atoms with E-state index in [-0.39, 0.29) is 5.56 Å². The maximum absolute atomic E-state index is 13.0. The van der Waals surface area contributed by atoms with E-state index in [1.54, 1.807) is 6.07 Å². The van der Waals surface area contributed by atoms with Crippen molar-refractivity contribution in [3.8, 4) is 6.07 Å². The first-order valence-corrected chi connectivity index (χ1v) is 5.43. The Morgan fingerprint density at radius 2 is 2.06 bits per heavy atom. The van der Waals surface area contributed by atoms with Crippen molar-refractivity contribution in [2.75, 3.05) is 11.1 Å². The van der Waals surface area contributed by atoms with Gasteiger partial charge in [-0.15, -0.1) is 0 Å². The predicted octanol–water partition coefficient (Wildman–Crippen LogP) is 3.33. The second-order valence-corrected chi connectivity index (χ2v) is 3.97. The van der Waals surface area contributed by atoms with Gasteiger partial charge in [-0.25, -0.2) is 4.39 Å². The first-order valence-electron chi connectivity index (χ1n) is 5.43. The van der Waals surface area contributed by atoms with Gasteiger partial charge in [-0.05, 0) is 36.8 Å². The average molecular weight is 241 g/mol. The van der Waals surface area contributed by atoms with Gasteiger partial charge >= 0.3 is 0 Å². The molecule has 0 atom stereocenters. The van der Waals surface area contributed by atoms with E-state index in [1.807, 2.05) is 25.1 Å². The molecule has 2 aromatic carbocycles. The molecule has 0 unspecified atom stereocenters. The van der Waals surface area contributed by atoms with Crippen molar-refractivity contribution in [1.82, 2.24) is 0 Å². The third-order valence-corrected chi connectivity index (χ3v) is 2.67. The number of hydrogen-bond acceptors (Lipinski definition) is 3. The smallest absolute Gasteiger partial charge is 0.124 e. The largest absolute Gasteiger partial charge is 0.397 e. The zero-order valence-corrected chi connectivity index (χ0v) is 9.87. The lowest BCUT2D eigenvalue weighted by molar-refractivity contribution is 0.627. The molecule has 0 aliphatic heterocycles. The SMILES string of the molecule is Cc1cccc(N)c1Nc1ccc(F)cc1C#N. The van der Waals surface area contributed by atoms with Crippen LogP contribution >= 0.6 is 0 Å². The van der Waals surface area contributed by atoms with E-state index in [9.17, 15) is 4.39 Å². The zero-order chi connectivity index (χ0) is 13.1. The molecule has 2 aromatic rings. The van der Waals surface area contributed by atoms with Gasteiger partial charge in [0.15, 0.2) is 0 Å². The highest BCUT2D eigenvalue weighted by atomic mass is 19.1. The number of rotatable bonds is 2. The molecule has 0 aromatic heterocycles. The Balaban J connectivity index is 2.44. The van der Waals surface area contributed by atoms with Crippen LogP contribution in [0.3, 0.4) is 0 Å². The Labute approximate surface area is 105 Å². The van der Waals surface area contributed by atoms with Crippen molar-refractivity contribution in [2.45, 2.75) is 6.92 Å². The second kappa shape index (κ2) is 4.76. The van der Waals surface area contributed by atoms with Crippen LogP contribution < -0.4 is 11.1 Å². The molecule has 3 N–H and O–H groups in total. The van der Waals surface area contributed by atoms with E-state index < -0.39 is 5.82 Å². The molecule has 0 radical (unpaired) electrons. The quantitative estimate of drug-likeness (QED) is 0.793. The molecular weight excluding hydrogens is 229 g/mol. The highest BCUT2D eigenvalue weighted by molar-refractivity contribution is 5.77. The van der Waals surface area contributed by atoms with E-state index in [4.69, 9.17) is 11.0 Å². The summed E-state index contributed by atoms with van der Waals surface area (Å²) in [5, 5.41) is 12.0. The summed E-state index contributed by atoms with van der Waals surface area (Å²) in [5.74, 6) is -0.435. The number of halogens is 1. The standard InChI is InChI=1S/C14H12FN3/c1-9-3-2-4-12(17)14(9)18-13-6-5-11(15)7-10(13)8-16/h2-7,18H,17H2,1H3. The van der Waals surface area contributed by atoms with E-state index in [0.29, 0.717) is 11.4 Å². The Hall–Kier alpha value is -2.54. The number of hydrogen-bond donors (Lipinski definition) is 2. The number of nitrogens with two attached hydrogens (primary N) is 1. The van der Waals surface area contributed by atoms with Crippen molar-refractivity contribution in [1.29, 1.82) is 5.26 Å². The van der Waals surface area contributed by atoms with Gasteiger partial charge in [0.1, 0.15) is 11.9 Å². The van der Waals surface area contributed by atoms with Crippen molar-refractivity contribution in [3.63, 3.8) is 0 Å². The van der Waals surface area contributed by atoms with Gasteiger partial charge < -0.3 is 11.1 Å². The summed E-state index contributed by atoms with van der Waals surface area (Å²) in [7, 11) is 0. The first-order chi connectivity index (χ1) is 8.61. The zero-order valence-electron chi connectivity index (χ0n) is 9.87. The molecule has 0 aliphatic carbocycles. The molecule has 4 heteroatoms. The van der Waals surface area contributed by atoms with Crippen LogP contribution in [0.4, 0.5) is 21.5 Å². The van der Waals surface area contributed by atoms with Gasteiger partial charge in [0.2, 0.25) is 0 Å². The number of nitriles is 1. The highest BCUT2D eigenvalue weighted by Crippen LogP contribution is 2.28. The number of nitrogens with one attached hydrogen (secondary N) is 1. The van der Waals surface area contributed by atoms with Crippen LogP contribution in [0.5, 0.6) is 0 Å². The molecule has 0 saturated carbocycles. The van der Waals surface area contributed by atoms with Gasteiger partial charge in [0, 0.05) is 0 Å². The predicted molar refractivity (Wildman–Crippen MR) is 70.0 cm³/mol. The second-order valence-electron chi connectivity index (χ2n) is 3.97. The summed E-state index contributed by atoms with van der Waals surface area (Å²) < 4.78 is 13.0. The number of aryl methyl sites for hydroxylation is 1. The maximum Gasteiger partial charge on any atom is 0.124 e. The lowest BCUT2D eigenvalue weighted by atomic mass is 10.1. The monoisotopic (exact) mass is 241 g/mol. The molecule has 3 nitrogen and oxygen atoms in total. The first kappa shape index (κ1) is 11.9. The van der Waals surface area contributed by atoms with Crippen molar-refractivity contribution in [2.24, 2.45) is 0 Å². The van der Waals surface area contributed by atoms with Crippen molar-refractivity contribution in [3.05, 3.63) is 53.3 Å². The van der Waals surface area contributed by atoms with Crippen LogP contribution in [-0.4, -0.2) is 0 Å². The fourth-order valence-electron chi connectivity index (χ4n) is 1.71. The molecule has 18 heavy (non-hydrogen) atoms. The highest BCUT2D eigenvalue weighted by Gasteiger charge is 2.07. The number of anilines is 3. The Morgan fingerprint density at radius 1 is 1.28 bits per heavy atom. The summed E-state index contributed by atoms with van der Waals surface area (Å²) >= 11 is 0. The van der Waals surface area contributed by atoms with Crippen LogP contribution in [0.2, 0.25) is 0 Å². The topological polar surface area (TPSA) is 61.8 Å². The molecular formula is C14H12FN3. The van der Waals surface area contributed by atoms with Crippen LogP contribution in [0.15, 0.2) is 36.4 Å². The molecule has 0 spiro atoms. The summed E-state index contributed by atoms with van der Waals surface area (Å²) in [6, 6.07) is 11.5. The molecule has 90 valence electrons. The van der Waals surface area contributed by atoms with Gasteiger partial charge in [0.05, 0.1) is 22.6 Å². The molecule has 0 bridgehead atoms. The van der Waals surface area contributed by atoms with Gasteiger partial charge in [-0.2, -0.15) is 5.26 Å². The molecule has 0 amide bonds. The third kappa shape index (κ3) is 2.25. The Kier molecular flexibility index (Phi) is 3.16. The Bertz CT molecular complexity index is 609. The molecule has 0 fully saturated rings. The van der Waals surface area contributed by atoms with Crippen molar-refractivity contribution < 1.29 is 4.39 Å². The number of para-hydroxylation sites is 1. The number of nitrogens with zero attached hydrogens (tertiary/aromatic N) is 1. The maximum atomic E-state index is 13.0. The summed E-state index contributed by atoms with van der Waals surface area (Å²) in [6.07, 6.45) is 0. The lowest BCUT2D eigenvalue weighted by Gasteiger charge is -2.13. The summed E-state index contributed by atoms with van der Waals surface area (Å²) in [4.78, 5) is 0. The van der Waals surface area contributed by atoms with E-state index in [0.717, 1.165) is 11.3 Å². The lowest BCUT2D eigenvalue weighted by Crippen LogP contribution is -2.00. The third-order valence-electron chi connectivity index (χ3n) is 2.67. The fraction of sp³-hybridized carbons (Fsp3) is 0.0714. The molecule has 0 aliphatic rings. The number of benzene rings is 2. The van der Waals surface area contributed by atoms with Gasteiger partial charge in [0.25, 0.3) is 0 Å². The van der Waals surface area contributed by atoms with Gasteiger partial charge in [-0.1, -0.05) is 12.1 Å². The van der Waals surface area contributed by atoms with Gasteiger partial charge in [-0.3, -0.25) is 0 Å². The average Bonchev–Trinajstić information content (AvgIpc) is 2.35. The van der Waals surface area contributed by atoms with Crippen molar-refractivity contribution >= 4 is 17.1 Å². The van der Waals surface area contributed by atoms with E-state index >= 15 is 0 Å².